The molecule has 0 bridgehead atoms. The summed E-state index contributed by atoms with van der Waals surface area (Å²) < 4.78 is 0. The molecule has 0 aliphatic carbocycles. The van der Waals surface area contributed by atoms with Gasteiger partial charge in [-0.05, 0) is 44.0 Å². The van der Waals surface area contributed by atoms with Gasteiger partial charge in [-0.15, -0.1) is 0 Å². The van der Waals surface area contributed by atoms with Gasteiger partial charge in [-0.2, -0.15) is 0 Å². The molecule has 1 aliphatic rings. The van der Waals surface area contributed by atoms with Crippen molar-refractivity contribution in [3.63, 3.8) is 0 Å². The maximum atomic E-state index is 12.6. The average Bonchev–Trinajstić information content (AvgIpc) is 2.92. The first-order valence-corrected chi connectivity index (χ1v) is 7.37. The fourth-order valence-electron chi connectivity index (χ4n) is 2.76. The lowest BCUT2D eigenvalue weighted by molar-refractivity contribution is -0.118. The number of hydrogen-bond donors (Lipinski definition) is 1. The highest BCUT2D eigenvalue weighted by molar-refractivity contribution is 6.00. The molecule has 1 N–H and O–H groups in total. The molecule has 0 fully saturated rings. The highest BCUT2D eigenvalue weighted by Gasteiger charge is 2.27. The van der Waals surface area contributed by atoms with E-state index in [-0.39, 0.29) is 11.9 Å². The van der Waals surface area contributed by atoms with E-state index >= 15 is 0 Å². The third kappa shape index (κ3) is 2.77. The number of fused-ring (bicyclic) bond motifs is 1. The van der Waals surface area contributed by atoms with E-state index in [1.54, 1.807) is 0 Å². The molecule has 1 atom stereocenters. The minimum Gasteiger partial charge on any atom is -0.374 e. The molecule has 0 spiro atoms. The van der Waals surface area contributed by atoms with E-state index in [9.17, 15) is 4.79 Å². The average molecular weight is 280 g/mol. The van der Waals surface area contributed by atoms with Crippen LogP contribution < -0.4 is 10.2 Å². The fourth-order valence-corrected chi connectivity index (χ4v) is 2.76. The van der Waals surface area contributed by atoms with E-state index in [4.69, 9.17) is 0 Å². The number of nitrogens with one attached hydrogen (secondary N) is 1. The summed E-state index contributed by atoms with van der Waals surface area (Å²) in [5, 5.41) is 3.29. The lowest BCUT2D eigenvalue weighted by Gasteiger charge is -2.23. The number of carbonyl (C=O) groups excluding carboxylic acids is 1. The number of aryl methyl sites for hydroxylation is 1. The summed E-state index contributed by atoms with van der Waals surface area (Å²) >= 11 is 0. The predicted octanol–water partition coefficient (Wildman–Crippen LogP) is 3.38. The van der Waals surface area contributed by atoms with E-state index < -0.39 is 0 Å². The van der Waals surface area contributed by atoms with Crippen LogP contribution >= 0.6 is 0 Å². The highest BCUT2D eigenvalue weighted by atomic mass is 16.2. The molecule has 0 radical (unpaired) electrons. The van der Waals surface area contributed by atoms with Crippen molar-refractivity contribution in [2.24, 2.45) is 0 Å². The number of rotatable bonds is 3. The van der Waals surface area contributed by atoms with Crippen molar-refractivity contribution in [2.45, 2.75) is 26.3 Å². The Kier molecular flexibility index (Phi) is 3.65. The molecule has 21 heavy (non-hydrogen) atoms. The molecule has 2 aromatic rings. The van der Waals surface area contributed by atoms with Crippen molar-refractivity contribution in [1.82, 2.24) is 0 Å². The van der Waals surface area contributed by atoms with Crippen LogP contribution in [-0.4, -0.2) is 18.5 Å². The van der Waals surface area contributed by atoms with Crippen molar-refractivity contribution >= 4 is 17.3 Å². The maximum absolute atomic E-state index is 12.6. The highest BCUT2D eigenvalue weighted by Crippen LogP contribution is 2.28. The first-order valence-electron chi connectivity index (χ1n) is 7.37. The van der Waals surface area contributed by atoms with Gasteiger partial charge in [0.2, 0.25) is 5.91 Å². The first kappa shape index (κ1) is 13.7. The van der Waals surface area contributed by atoms with Gasteiger partial charge in [0, 0.05) is 17.9 Å². The molecular weight excluding hydrogens is 260 g/mol. The summed E-state index contributed by atoms with van der Waals surface area (Å²) in [6, 6.07) is 16.0. The van der Waals surface area contributed by atoms with Crippen LogP contribution in [0.2, 0.25) is 0 Å². The van der Waals surface area contributed by atoms with Gasteiger partial charge in [0.15, 0.2) is 0 Å². The van der Waals surface area contributed by atoms with Crippen LogP contribution in [-0.2, 0) is 11.2 Å². The largest absolute Gasteiger partial charge is 0.374 e. The topological polar surface area (TPSA) is 32.3 Å². The molecule has 3 heteroatoms. The molecule has 0 saturated heterocycles. The smallest absolute Gasteiger partial charge is 0.249 e. The van der Waals surface area contributed by atoms with Gasteiger partial charge in [-0.25, -0.2) is 0 Å². The summed E-state index contributed by atoms with van der Waals surface area (Å²) in [6.07, 6.45) is 0.944. The van der Waals surface area contributed by atoms with Crippen molar-refractivity contribution in [3.05, 3.63) is 59.7 Å². The molecule has 0 aromatic heterocycles. The van der Waals surface area contributed by atoms with Gasteiger partial charge in [-0.1, -0.05) is 35.9 Å². The Balaban J connectivity index is 1.72. The lowest BCUT2D eigenvalue weighted by Crippen LogP contribution is -2.40. The summed E-state index contributed by atoms with van der Waals surface area (Å²) in [5.41, 5.74) is 4.51. The maximum Gasteiger partial charge on any atom is 0.249 e. The van der Waals surface area contributed by atoms with E-state index in [1.165, 1.54) is 11.1 Å². The van der Waals surface area contributed by atoms with Crippen molar-refractivity contribution in [1.29, 1.82) is 0 Å². The molecular formula is C18H20N2O. The Hall–Kier alpha value is -2.29. The van der Waals surface area contributed by atoms with Gasteiger partial charge >= 0.3 is 0 Å². The third-order valence-electron chi connectivity index (χ3n) is 3.96. The lowest BCUT2D eigenvalue weighted by atomic mass is 10.2. The van der Waals surface area contributed by atoms with Crippen LogP contribution in [0.25, 0.3) is 0 Å². The summed E-state index contributed by atoms with van der Waals surface area (Å²) in [7, 11) is 0. The molecule has 2 aromatic carbocycles. The summed E-state index contributed by atoms with van der Waals surface area (Å²) in [5.74, 6) is 0.125. The number of carbonyl (C=O) groups is 1. The molecule has 3 rings (SSSR count). The summed E-state index contributed by atoms with van der Waals surface area (Å²) in [6.45, 7) is 4.75. The second kappa shape index (κ2) is 5.60. The number of hydrogen-bond acceptors (Lipinski definition) is 2. The van der Waals surface area contributed by atoms with Crippen LogP contribution in [0.1, 0.15) is 18.1 Å². The van der Waals surface area contributed by atoms with Gasteiger partial charge < -0.3 is 10.2 Å². The van der Waals surface area contributed by atoms with Gasteiger partial charge in [0.1, 0.15) is 6.04 Å². The monoisotopic (exact) mass is 280 g/mol. The van der Waals surface area contributed by atoms with Gasteiger partial charge in [0.05, 0.1) is 0 Å². The molecule has 1 unspecified atom stereocenters. The quantitative estimate of drug-likeness (QED) is 0.934. The van der Waals surface area contributed by atoms with Gasteiger partial charge in [-0.3, -0.25) is 4.79 Å². The fraction of sp³-hybridized carbons (Fsp3) is 0.278. The minimum absolute atomic E-state index is 0.125. The van der Waals surface area contributed by atoms with Crippen LogP contribution in [0.15, 0.2) is 48.5 Å². The molecule has 1 heterocycles. The second-order valence-electron chi connectivity index (χ2n) is 5.60. The zero-order valence-corrected chi connectivity index (χ0v) is 12.5. The molecule has 3 nitrogen and oxygen atoms in total. The normalized spacial score (nSPS) is 14.7. The minimum atomic E-state index is -0.237. The summed E-state index contributed by atoms with van der Waals surface area (Å²) in [4.78, 5) is 14.5. The molecule has 1 aliphatic heterocycles. The Bertz CT molecular complexity index is 649. The second-order valence-corrected chi connectivity index (χ2v) is 5.60. The van der Waals surface area contributed by atoms with E-state index in [0.29, 0.717) is 0 Å². The zero-order valence-electron chi connectivity index (χ0n) is 12.5. The van der Waals surface area contributed by atoms with Crippen molar-refractivity contribution in [3.8, 4) is 0 Å². The molecule has 1 amide bonds. The van der Waals surface area contributed by atoms with E-state index in [2.05, 4.69) is 18.3 Å². The first-order chi connectivity index (χ1) is 10.1. The number of benzene rings is 2. The van der Waals surface area contributed by atoms with Crippen LogP contribution in [0.5, 0.6) is 0 Å². The van der Waals surface area contributed by atoms with E-state index in [1.807, 2.05) is 54.3 Å². The van der Waals surface area contributed by atoms with E-state index in [0.717, 1.165) is 24.3 Å². The van der Waals surface area contributed by atoms with Crippen molar-refractivity contribution in [2.75, 3.05) is 16.8 Å². The van der Waals surface area contributed by atoms with Crippen LogP contribution in [0.4, 0.5) is 11.4 Å². The predicted molar refractivity (Wildman–Crippen MR) is 86.8 cm³/mol. The molecule has 108 valence electrons. The zero-order chi connectivity index (χ0) is 14.8. The van der Waals surface area contributed by atoms with Crippen LogP contribution in [0, 0.1) is 6.92 Å². The Labute approximate surface area is 125 Å². The number of para-hydroxylation sites is 1. The Morgan fingerprint density at radius 2 is 1.86 bits per heavy atom. The Morgan fingerprint density at radius 1 is 1.14 bits per heavy atom. The SMILES string of the molecule is Cc1ccc(NC(C)C(=O)N2CCc3ccccc32)cc1. The third-order valence-corrected chi connectivity index (χ3v) is 3.96. The van der Waals surface area contributed by atoms with Gasteiger partial charge in [0.25, 0.3) is 0 Å². The van der Waals surface area contributed by atoms with Crippen LogP contribution in [0.3, 0.4) is 0 Å². The number of amides is 1. The molecule has 0 saturated carbocycles. The number of nitrogens with zero attached hydrogens (tertiary/aromatic N) is 1. The number of anilines is 2. The Morgan fingerprint density at radius 3 is 2.62 bits per heavy atom. The van der Waals surface area contributed by atoms with Crippen molar-refractivity contribution < 1.29 is 4.79 Å². The standard InChI is InChI=1S/C18H20N2O/c1-13-7-9-16(10-8-13)19-14(2)18(21)20-12-11-15-5-3-4-6-17(15)20/h3-10,14,19H,11-12H2,1-2H3.